The summed E-state index contributed by atoms with van der Waals surface area (Å²) in [6, 6.07) is 11.9. The molecule has 2 aromatic rings. The van der Waals surface area contributed by atoms with E-state index in [9.17, 15) is 9.90 Å². The highest BCUT2D eigenvalue weighted by Crippen LogP contribution is 2.32. The lowest BCUT2D eigenvalue weighted by Gasteiger charge is -2.34. The predicted molar refractivity (Wildman–Crippen MR) is 103 cm³/mol. The van der Waals surface area contributed by atoms with Crippen LogP contribution in [0.1, 0.15) is 58.0 Å². The second-order valence-corrected chi connectivity index (χ2v) is 8.18. The number of rotatable bonds is 5. The average Bonchev–Trinajstić information content (AvgIpc) is 3.02. The van der Waals surface area contributed by atoms with Crippen LogP contribution < -0.4 is 0 Å². The summed E-state index contributed by atoms with van der Waals surface area (Å²) in [5, 5.41) is 10.6. The number of carbonyl (C=O) groups excluding carboxylic acids is 1. The molecule has 134 valence electrons. The Morgan fingerprint density at radius 3 is 2.60 bits per heavy atom. The van der Waals surface area contributed by atoms with E-state index >= 15 is 0 Å². The van der Waals surface area contributed by atoms with Crippen LogP contribution in [-0.2, 0) is 6.42 Å². The van der Waals surface area contributed by atoms with E-state index in [0.717, 1.165) is 49.2 Å². The first kappa shape index (κ1) is 18.2. The summed E-state index contributed by atoms with van der Waals surface area (Å²) in [6.45, 7) is 5.73. The largest absolute Gasteiger partial charge is 0.388 e. The van der Waals surface area contributed by atoms with Gasteiger partial charge >= 0.3 is 0 Å². The van der Waals surface area contributed by atoms with E-state index < -0.39 is 6.10 Å². The van der Waals surface area contributed by atoms with Crippen molar-refractivity contribution in [1.29, 1.82) is 0 Å². The van der Waals surface area contributed by atoms with Gasteiger partial charge in [-0.15, -0.1) is 11.3 Å². The molecule has 1 N–H and O–H groups in total. The van der Waals surface area contributed by atoms with Crippen LogP contribution in [0.4, 0.5) is 0 Å². The quantitative estimate of drug-likeness (QED) is 0.850. The lowest BCUT2D eigenvalue weighted by Crippen LogP contribution is -2.39. The predicted octanol–water partition coefficient (Wildman–Crippen LogP) is 4.59. The number of aliphatic hydroxyl groups is 1. The van der Waals surface area contributed by atoms with Gasteiger partial charge in [-0.05, 0) is 49.3 Å². The van der Waals surface area contributed by atoms with Crippen LogP contribution in [0.5, 0.6) is 0 Å². The number of aryl methyl sites for hydroxylation is 2. The molecule has 4 heteroatoms. The molecule has 1 saturated heterocycles. The highest BCUT2D eigenvalue weighted by atomic mass is 32.1. The SMILES string of the molecule is CCCc1cc(C(=O)N2CCC([C@H](O)c3ccccc3)CC2)sc1C. The Kier molecular flexibility index (Phi) is 5.92. The number of aliphatic hydroxyl groups excluding tert-OH is 1. The number of carbonyl (C=O) groups is 1. The van der Waals surface area contributed by atoms with Crippen molar-refractivity contribution in [3.8, 4) is 0 Å². The number of nitrogens with zero attached hydrogens (tertiary/aromatic N) is 1. The summed E-state index contributed by atoms with van der Waals surface area (Å²) >= 11 is 1.62. The fourth-order valence-electron chi connectivity index (χ4n) is 3.64. The molecular formula is C21H27NO2S. The maximum Gasteiger partial charge on any atom is 0.263 e. The number of likely N-dealkylation sites (tertiary alicyclic amines) is 1. The van der Waals surface area contributed by atoms with E-state index in [1.54, 1.807) is 11.3 Å². The van der Waals surface area contributed by atoms with Crippen LogP contribution in [0.25, 0.3) is 0 Å². The van der Waals surface area contributed by atoms with Gasteiger partial charge in [0, 0.05) is 18.0 Å². The van der Waals surface area contributed by atoms with E-state index in [-0.39, 0.29) is 11.8 Å². The molecule has 1 amide bonds. The van der Waals surface area contributed by atoms with E-state index in [1.807, 2.05) is 35.2 Å². The van der Waals surface area contributed by atoms with E-state index in [0.29, 0.717) is 0 Å². The smallest absolute Gasteiger partial charge is 0.263 e. The molecule has 1 fully saturated rings. The minimum Gasteiger partial charge on any atom is -0.388 e. The summed E-state index contributed by atoms with van der Waals surface area (Å²) in [6.07, 6.45) is 3.43. The topological polar surface area (TPSA) is 40.5 Å². The van der Waals surface area contributed by atoms with Gasteiger partial charge in [-0.2, -0.15) is 0 Å². The molecule has 1 aromatic heterocycles. The van der Waals surface area contributed by atoms with Gasteiger partial charge in [0.15, 0.2) is 0 Å². The van der Waals surface area contributed by atoms with Crippen LogP contribution in [0.15, 0.2) is 36.4 Å². The maximum absolute atomic E-state index is 12.8. The summed E-state index contributed by atoms with van der Waals surface area (Å²) in [5.74, 6) is 0.385. The molecule has 0 spiro atoms. The maximum atomic E-state index is 12.8. The van der Waals surface area contributed by atoms with Gasteiger partial charge in [-0.3, -0.25) is 4.79 Å². The zero-order valence-corrected chi connectivity index (χ0v) is 15.9. The molecule has 1 aliphatic rings. The monoisotopic (exact) mass is 357 g/mol. The zero-order chi connectivity index (χ0) is 17.8. The van der Waals surface area contributed by atoms with Gasteiger partial charge in [0.2, 0.25) is 0 Å². The Morgan fingerprint density at radius 2 is 1.96 bits per heavy atom. The van der Waals surface area contributed by atoms with Gasteiger partial charge in [0.25, 0.3) is 5.91 Å². The first-order chi connectivity index (χ1) is 12.1. The van der Waals surface area contributed by atoms with Crippen molar-refractivity contribution in [2.45, 2.75) is 45.6 Å². The number of amides is 1. The van der Waals surface area contributed by atoms with Gasteiger partial charge in [0.05, 0.1) is 11.0 Å². The molecule has 1 atom stereocenters. The summed E-state index contributed by atoms with van der Waals surface area (Å²) in [5.41, 5.74) is 2.29. The number of benzene rings is 1. The fraction of sp³-hybridized carbons (Fsp3) is 0.476. The average molecular weight is 358 g/mol. The van der Waals surface area contributed by atoms with Crippen molar-refractivity contribution < 1.29 is 9.90 Å². The highest BCUT2D eigenvalue weighted by molar-refractivity contribution is 7.14. The van der Waals surface area contributed by atoms with E-state index in [1.165, 1.54) is 10.4 Å². The van der Waals surface area contributed by atoms with Crippen LogP contribution in [-0.4, -0.2) is 29.0 Å². The third-order valence-corrected chi connectivity index (χ3v) is 6.25. The second kappa shape index (κ2) is 8.15. The Hall–Kier alpha value is -1.65. The first-order valence-electron chi connectivity index (χ1n) is 9.21. The minimum atomic E-state index is -0.432. The number of hydrogen-bond acceptors (Lipinski definition) is 3. The molecule has 1 aromatic carbocycles. The zero-order valence-electron chi connectivity index (χ0n) is 15.1. The van der Waals surface area contributed by atoms with Crippen LogP contribution in [0.2, 0.25) is 0 Å². The van der Waals surface area contributed by atoms with Gasteiger partial charge < -0.3 is 10.0 Å². The van der Waals surface area contributed by atoms with Crippen molar-refractivity contribution in [2.75, 3.05) is 13.1 Å². The molecule has 1 aliphatic heterocycles. The Labute approximate surface area is 154 Å². The standard InChI is InChI=1S/C21H27NO2S/c1-3-7-18-14-19(25-15(18)2)21(24)22-12-10-17(11-13-22)20(23)16-8-5-4-6-9-16/h4-6,8-9,14,17,20,23H,3,7,10-13H2,1-2H3/t20-/m1/s1. The van der Waals surface area contributed by atoms with Crippen LogP contribution in [0, 0.1) is 12.8 Å². The third-order valence-electron chi connectivity index (χ3n) is 5.17. The minimum absolute atomic E-state index is 0.156. The normalized spacial score (nSPS) is 16.8. The summed E-state index contributed by atoms with van der Waals surface area (Å²) in [7, 11) is 0. The van der Waals surface area contributed by atoms with Crippen molar-refractivity contribution in [3.63, 3.8) is 0 Å². The molecule has 0 saturated carbocycles. The summed E-state index contributed by atoms with van der Waals surface area (Å²) < 4.78 is 0. The Morgan fingerprint density at radius 1 is 1.28 bits per heavy atom. The molecule has 0 aliphatic carbocycles. The lowest BCUT2D eigenvalue weighted by atomic mass is 9.87. The number of piperidine rings is 1. The Bertz CT molecular complexity index is 702. The molecule has 2 heterocycles. The van der Waals surface area contributed by atoms with Crippen molar-refractivity contribution in [3.05, 3.63) is 57.3 Å². The molecule has 0 unspecified atom stereocenters. The fourth-order valence-corrected chi connectivity index (χ4v) is 4.68. The molecule has 0 bridgehead atoms. The molecule has 25 heavy (non-hydrogen) atoms. The third kappa shape index (κ3) is 4.13. The van der Waals surface area contributed by atoms with Gasteiger partial charge in [0.1, 0.15) is 0 Å². The molecule has 0 radical (unpaired) electrons. The number of hydrogen-bond donors (Lipinski definition) is 1. The summed E-state index contributed by atoms with van der Waals surface area (Å²) in [4.78, 5) is 16.9. The van der Waals surface area contributed by atoms with Gasteiger partial charge in [-0.25, -0.2) is 0 Å². The first-order valence-corrected chi connectivity index (χ1v) is 10.0. The second-order valence-electron chi connectivity index (χ2n) is 6.93. The lowest BCUT2D eigenvalue weighted by molar-refractivity contribution is 0.0465. The van der Waals surface area contributed by atoms with E-state index in [4.69, 9.17) is 0 Å². The van der Waals surface area contributed by atoms with Crippen molar-refractivity contribution in [1.82, 2.24) is 4.90 Å². The van der Waals surface area contributed by atoms with Crippen LogP contribution in [0.3, 0.4) is 0 Å². The van der Waals surface area contributed by atoms with Crippen molar-refractivity contribution in [2.24, 2.45) is 5.92 Å². The molecule has 3 nitrogen and oxygen atoms in total. The Balaban J connectivity index is 1.60. The van der Waals surface area contributed by atoms with Crippen molar-refractivity contribution >= 4 is 17.2 Å². The highest BCUT2D eigenvalue weighted by Gasteiger charge is 2.29. The molecular weight excluding hydrogens is 330 g/mol. The number of thiophene rings is 1. The van der Waals surface area contributed by atoms with Gasteiger partial charge in [-0.1, -0.05) is 43.7 Å². The molecule has 3 rings (SSSR count). The van der Waals surface area contributed by atoms with E-state index in [2.05, 4.69) is 19.9 Å². The van der Waals surface area contributed by atoms with Crippen LogP contribution >= 0.6 is 11.3 Å².